The highest BCUT2D eigenvalue weighted by molar-refractivity contribution is 5.78. The largest absolute Gasteiger partial charge is 0.378 e. The quantitative estimate of drug-likeness (QED) is 0.763. The molecule has 5 heteroatoms. The Labute approximate surface area is 109 Å². The van der Waals surface area contributed by atoms with Crippen molar-refractivity contribution < 1.29 is 9.53 Å². The molecule has 1 unspecified atom stereocenters. The maximum Gasteiger partial charge on any atom is 0.236 e. The predicted molar refractivity (Wildman–Crippen MR) is 70.5 cm³/mol. The van der Waals surface area contributed by atoms with E-state index in [1.807, 2.05) is 4.90 Å². The summed E-state index contributed by atoms with van der Waals surface area (Å²) >= 11 is 0. The van der Waals surface area contributed by atoms with Crippen molar-refractivity contribution in [3.8, 4) is 0 Å². The number of carbonyl (C=O) groups excluding carboxylic acids is 1. The number of amides is 1. The third-order valence-electron chi connectivity index (χ3n) is 3.90. The van der Waals surface area contributed by atoms with Crippen molar-refractivity contribution in [2.75, 3.05) is 52.5 Å². The van der Waals surface area contributed by atoms with Crippen LogP contribution in [0.4, 0.5) is 0 Å². The summed E-state index contributed by atoms with van der Waals surface area (Å²) in [4.78, 5) is 16.5. The van der Waals surface area contributed by atoms with Gasteiger partial charge in [-0.1, -0.05) is 6.92 Å². The fraction of sp³-hybridized carbons (Fsp3) is 0.923. The summed E-state index contributed by atoms with van der Waals surface area (Å²) in [6, 6.07) is 0.522. The van der Waals surface area contributed by atoms with Gasteiger partial charge in [0.05, 0.1) is 19.8 Å². The summed E-state index contributed by atoms with van der Waals surface area (Å²) < 4.78 is 5.28. The van der Waals surface area contributed by atoms with Gasteiger partial charge >= 0.3 is 0 Å². The van der Waals surface area contributed by atoms with Crippen LogP contribution in [0.15, 0.2) is 0 Å². The lowest BCUT2D eigenvalue weighted by Gasteiger charge is -2.35. The van der Waals surface area contributed by atoms with E-state index in [9.17, 15) is 4.79 Å². The number of hydrogen-bond acceptors (Lipinski definition) is 4. The number of ether oxygens (including phenoxy) is 1. The lowest BCUT2D eigenvalue weighted by Crippen LogP contribution is -2.51. The van der Waals surface area contributed by atoms with Gasteiger partial charge in [0, 0.05) is 25.7 Å². The van der Waals surface area contributed by atoms with Crippen molar-refractivity contribution in [3.63, 3.8) is 0 Å². The first kappa shape index (κ1) is 13.8. The highest BCUT2D eigenvalue weighted by atomic mass is 16.5. The van der Waals surface area contributed by atoms with Crippen molar-refractivity contribution in [3.05, 3.63) is 0 Å². The average molecular weight is 255 g/mol. The van der Waals surface area contributed by atoms with Gasteiger partial charge in [-0.3, -0.25) is 9.69 Å². The molecule has 0 spiro atoms. The van der Waals surface area contributed by atoms with Crippen molar-refractivity contribution >= 4 is 5.91 Å². The van der Waals surface area contributed by atoms with E-state index in [0.29, 0.717) is 25.8 Å². The van der Waals surface area contributed by atoms with E-state index in [2.05, 4.69) is 17.1 Å². The zero-order valence-electron chi connectivity index (χ0n) is 11.4. The van der Waals surface area contributed by atoms with Crippen molar-refractivity contribution in [2.45, 2.75) is 25.8 Å². The molecule has 5 nitrogen and oxygen atoms in total. The Bertz CT molecular complexity index is 261. The van der Waals surface area contributed by atoms with E-state index < -0.39 is 0 Å². The second-order valence-corrected chi connectivity index (χ2v) is 5.06. The van der Waals surface area contributed by atoms with Crippen LogP contribution in [0.3, 0.4) is 0 Å². The summed E-state index contributed by atoms with van der Waals surface area (Å²) in [5.41, 5.74) is 0. The van der Waals surface area contributed by atoms with Crippen LogP contribution in [0.25, 0.3) is 0 Å². The van der Waals surface area contributed by atoms with Crippen LogP contribution in [0.5, 0.6) is 0 Å². The second-order valence-electron chi connectivity index (χ2n) is 5.06. The standard InChI is InChI=1S/C13H25N3O2/c1-2-15(12-4-3-5-14-10-12)11-13(17)16-6-8-18-9-7-16/h12,14H,2-11H2,1H3. The van der Waals surface area contributed by atoms with Crippen molar-refractivity contribution in [1.29, 1.82) is 0 Å². The Morgan fingerprint density at radius 3 is 2.83 bits per heavy atom. The molecule has 1 amide bonds. The first-order valence-electron chi connectivity index (χ1n) is 7.11. The first-order chi connectivity index (χ1) is 8.81. The predicted octanol–water partition coefficient (Wildman–Crippen LogP) is -0.0809. The molecule has 2 aliphatic rings. The molecule has 18 heavy (non-hydrogen) atoms. The Balaban J connectivity index is 1.82. The molecule has 0 aromatic heterocycles. The Morgan fingerprint density at radius 1 is 1.44 bits per heavy atom. The summed E-state index contributed by atoms with van der Waals surface area (Å²) in [5, 5.41) is 3.42. The third-order valence-corrected chi connectivity index (χ3v) is 3.90. The molecular weight excluding hydrogens is 230 g/mol. The van der Waals surface area contributed by atoms with E-state index in [1.165, 1.54) is 12.8 Å². The molecule has 1 N–H and O–H groups in total. The van der Waals surface area contributed by atoms with Gasteiger partial charge in [0.1, 0.15) is 0 Å². The molecule has 1 atom stereocenters. The Hall–Kier alpha value is -0.650. The van der Waals surface area contributed by atoms with Gasteiger partial charge in [0.15, 0.2) is 0 Å². The van der Waals surface area contributed by atoms with Gasteiger partial charge in [-0.15, -0.1) is 0 Å². The number of nitrogens with one attached hydrogen (secondary N) is 1. The van der Waals surface area contributed by atoms with Gasteiger partial charge < -0.3 is 15.0 Å². The second kappa shape index (κ2) is 7.07. The van der Waals surface area contributed by atoms with Gasteiger partial charge in [-0.25, -0.2) is 0 Å². The SMILES string of the molecule is CCN(CC(=O)N1CCOCC1)C1CCCNC1. The molecule has 0 aromatic rings. The lowest BCUT2D eigenvalue weighted by atomic mass is 10.1. The molecule has 104 valence electrons. The van der Waals surface area contributed by atoms with E-state index in [-0.39, 0.29) is 5.91 Å². The van der Waals surface area contributed by atoms with Crippen LogP contribution in [0, 0.1) is 0 Å². The lowest BCUT2D eigenvalue weighted by molar-refractivity contribution is -0.137. The van der Waals surface area contributed by atoms with Crippen LogP contribution in [-0.2, 0) is 9.53 Å². The molecule has 2 aliphatic heterocycles. The molecule has 0 aromatic carbocycles. The normalized spacial score (nSPS) is 25.4. The third kappa shape index (κ3) is 3.67. The molecule has 0 radical (unpaired) electrons. The highest BCUT2D eigenvalue weighted by Gasteiger charge is 2.24. The van der Waals surface area contributed by atoms with Crippen molar-refractivity contribution in [2.24, 2.45) is 0 Å². The molecule has 2 saturated heterocycles. The maximum atomic E-state index is 12.2. The summed E-state index contributed by atoms with van der Waals surface area (Å²) in [5.74, 6) is 0.255. The van der Waals surface area contributed by atoms with Gasteiger partial charge in [0.2, 0.25) is 5.91 Å². The van der Waals surface area contributed by atoms with Gasteiger partial charge in [-0.05, 0) is 25.9 Å². The zero-order chi connectivity index (χ0) is 12.8. The van der Waals surface area contributed by atoms with E-state index in [1.54, 1.807) is 0 Å². The zero-order valence-corrected chi connectivity index (χ0v) is 11.4. The maximum absolute atomic E-state index is 12.2. The first-order valence-corrected chi connectivity index (χ1v) is 7.11. The molecule has 0 aliphatic carbocycles. The van der Waals surface area contributed by atoms with E-state index >= 15 is 0 Å². The minimum atomic E-state index is 0.255. The van der Waals surface area contributed by atoms with Gasteiger partial charge in [0.25, 0.3) is 0 Å². The average Bonchev–Trinajstić information content (AvgIpc) is 2.46. The van der Waals surface area contributed by atoms with Crippen LogP contribution in [-0.4, -0.2) is 74.2 Å². The van der Waals surface area contributed by atoms with Crippen LogP contribution in [0.2, 0.25) is 0 Å². The molecule has 2 heterocycles. The monoisotopic (exact) mass is 255 g/mol. The van der Waals surface area contributed by atoms with Crippen LogP contribution < -0.4 is 5.32 Å². The minimum absolute atomic E-state index is 0.255. The fourth-order valence-corrected chi connectivity index (χ4v) is 2.73. The van der Waals surface area contributed by atoms with Crippen molar-refractivity contribution in [1.82, 2.24) is 15.1 Å². The fourth-order valence-electron chi connectivity index (χ4n) is 2.73. The topological polar surface area (TPSA) is 44.8 Å². The number of nitrogens with zero attached hydrogens (tertiary/aromatic N) is 2. The van der Waals surface area contributed by atoms with Crippen LogP contribution >= 0.6 is 0 Å². The highest BCUT2D eigenvalue weighted by Crippen LogP contribution is 2.10. The number of likely N-dealkylation sites (N-methyl/N-ethyl adjacent to an activating group) is 1. The number of carbonyl (C=O) groups is 1. The number of morpholine rings is 1. The molecule has 0 saturated carbocycles. The smallest absolute Gasteiger partial charge is 0.236 e. The summed E-state index contributed by atoms with van der Waals surface area (Å²) in [7, 11) is 0. The molecule has 0 bridgehead atoms. The Morgan fingerprint density at radius 2 is 2.22 bits per heavy atom. The van der Waals surface area contributed by atoms with Crippen LogP contribution in [0.1, 0.15) is 19.8 Å². The molecular formula is C13H25N3O2. The summed E-state index contributed by atoms with van der Waals surface area (Å²) in [6.07, 6.45) is 2.42. The number of hydrogen-bond donors (Lipinski definition) is 1. The Kier molecular flexibility index (Phi) is 5.41. The summed E-state index contributed by atoms with van der Waals surface area (Å²) in [6.45, 7) is 8.65. The van der Waals surface area contributed by atoms with E-state index in [4.69, 9.17) is 4.74 Å². The number of rotatable bonds is 4. The molecule has 2 rings (SSSR count). The number of piperidine rings is 1. The molecule has 2 fully saturated rings. The van der Waals surface area contributed by atoms with E-state index in [0.717, 1.165) is 32.7 Å². The van der Waals surface area contributed by atoms with Gasteiger partial charge in [-0.2, -0.15) is 0 Å². The minimum Gasteiger partial charge on any atom is -0.378 e.